The average molecular weight is 285 g/mol. The number of halogens is 2. The second kappa shape index (κ2) is 7.67. The Balaban J connectivity index is 1.93. The standard InChI is InChI=1S/C15H21F2NO2/c1-2-18-14(5-6-19-10-15(16)17)11-3-4-12-8-20-9-13(12)7-11/h3-4,7,14-15,18H,2,5-6,8-10H2,1H3. The van der Waals surface area contributed by atoms with E-state index in [-0.39, 0.29) is 6.04 Å². The predicted molar refractivity (Wildman–Crippen MR) is 72.8 cm³/mol. The van der Waals surface area contributed by atoms with E-state index in [1.54, 1.807) is 0 Å². The molecule has 0 saturated carbocycles. The van der Waals surface area contributed by atoms with Crippen LogP contribution in [0.1, 0.15) is 36.1 Å². The number of hydrogen-bond donors (Lipinski definition) is 1. The van der Waals surface area contributed by atoms with Crippen molar-refractivity contribution in [2.24, 2.45) is 0 Å². The minimum Gasteiger partial charge on any atom is -0.375 e. The zero-order valence-electron chi connectivity index (χ0n) is 11.7. The summed E-state index contributed by atoms with van der Waals surface area (Å²) in [5.74, 6) is 0. The summed E-state index contributed by atoms with van der Waals surface area (Å²) in [6, 6.07) is 6.43. The zero-order chi connectivity index (χ0) is 14.4. The van der Waals surface area contributed by atoms with Crippen LogP contribution in [0.5, 0.6) is 0 Å². The summed E-state index contributed by atoms with van der Waals surface area (Å²) in [5, 5.41) is 3.37. The van der Waals surface area contributed by atoms with Crippen LogP contribution in [0.25, 0.3) is 0 Å². The first-order valence-electron chi connectivity index (χ1n) is 6.99. The molecule has 0 saturated heterocycles. The third kappa shape index (κ3) is 4.23. The van der Waals surface area contributed by atoms with Crippen molar-refractivity contribution < 1.29 is 18.3 Å². The SMILES string of the molecule is CCNC(CCOCC(F)F)c1ccc2c(c1)COC2. The third-order valence-electron chi connectivity index (χ3n) is 3.39. The lowest BCUT2D eigenvalue weighted by Gasteiger charge is -2.19. The van der Waals surface area contributed by atoms with E-state index < -0.39 is 13.0 Å². The molecule has 20 heavy (non-hydrogen) atoms. The van der Waals surface area contributed by atoms with Gasteiger partial charge in [-0.1, -0.05) is 25.1 Å². The van der Waals surface area contributed by atoms with Crippen molar-refractivity contribution in [2.45, 2.75) is 39.0 Å². The molecule has 1 unspecified atom stereocenters. The minimum absolute atomic E-state index is 0.128. The van der Waals surface area contributed by atoms with Crippen molar-refractivity contribution in [3.05, 3.63) is 34.9 Å². The molecule has 0 aliphatic carbocycles. The average Bonchev–Trinajstić information content (AvgIpc) is 2.89. The van der Waals surface area contributed by atoms with Gasteiger partial charge in [0, 0.05) is 12.6 Å². The fourth-order valence-electron chi connectivity index (χ4n) is 2.42. The van der Waals surface area contributed by atoms with Gasteiger partial charge in [0.05, 0.1) is 13.2 Å². The number of benzene rings is 1. The lowest BCUT2D eigenvalue weighted by Crippen LogP contribution is -2.23. The lowest BCUT2D eigenvalue weighted by atomic mass is 9.99. The summed E-state index contributed by atoms with van der Waals surface area (Å²) >= 11 is 0. The van der Waals surface area contributed by atoms with Crippen LogP contribution in [0.4, 0.5) is 8.78 Å². The van der Waals surface area contributed by atoms with Gasteiger partial charge in [-0.25, -0.2) is 8.78 Å². The molecule has 1 atom stereocenters. The van der Waals surface area contributed by atoms with Gasteiger partial charge in [-0.15, -0.1) is 0 Å². The van der Waals surface area contributed by atoms with Crippen molar-refractivity contribution in [1.29, 1.82) is 0 Å². The highest BCUT2D eigenvalue weighted by molar-refractivity contribution is 5.34. The minimum atomic E-state index is -2.40. The van der Waals surface area contributed by atoms with E-state index in [2.05, 4.69) is 23.5 Å². The highest BCUT2D eigenvalue weighted by atomic mass is 19.3. The number of fused-ring (bicyclic) bond motifs is 1. The second-order valence-corrected chi connectivity index (χ2v) is 4.89. The fraction of sp³-hybridized carbons (Fsp3) is 0.600. The van der Waals surface area contributed by atoms with Crippen LogP contribution in [0, 0.1) is 0 Å². The molecule has 0 bridgehead atoms. The van der Waals surface area contributed by atoms with E-state index in [1.165, 1.54) is 11.1 Å². The molecular formula is C15H21F2NO2. The Kier molecular flexibility index (Phi) is 5.88. The highest BCUT2D eigenvalue weighted by Crippen LogP contribution is 2.25. The topological polar surface area (TPSA) is 30.5 Å². The van der Waals surface area contributed by atoms with Gasteiger partial charge in [0.2, 0.25) is 0 Å². The molecule has 1 aromatic carbocycles. The molecule has 0 spiro atoms. The van der Waals surface area contributed by atoms with Crippen LogP contribution in [-0.2, 0) is 22.7 Å². The van der Waals surface area contributed by atoms with Crippen molar-refractivity contribution in [2.75, 3.05) is 19.8 Å². The van der Waals surface area contributed by atoms with E-state index in [1.807, 2.05) is 6.92 Å². The van der Waals surface area contributed by atoms with E-state index in [0.717, 1.165) is 12.1 Å². The number of nitrogens with one attached hydrogen (secondary N) is 1. The smallest absolute Gasteiger partial charge is 0.261 e. The molecule has 2 rings (SSSR count). The van der Waals surface area contributed by atoms with Gasteiger partial charge in [-0.3, -0.25) is 0 Å². The maximum absolute atomic E-state index is 12.0. The van der Waals surface area contributed by atoms with Crippen LogP contribution in [0.3, 0.4) is 0 Å². The second-order valence-electron chi connectivity index (χ2n) is 4.89. The van der Waals surface area contributed by atoms with Crippen LogP contribution in [0.2, 0.25) is 0 Å². The Hall–Kier alpha value is -1.04. The van der Waals surface area contributed by atoms with Gasteiger partial charge in [0.25, 0.3) is 6.43 Å². The summed E-state index contributed by atoms with van der Waals surface area (Å²) in [6.07, 6.45) is -1.72. The molecule has 1 aliphatic rings. The van der Waals surface area contributed by atoms with Crippen LogP contribution < -0.4 is 5.32 Å². The number of hydrogen-bond acceptors (Lipinski definition) is 3. The number of rotatable bonds is 8. The predicted octanol–water partition coefficient (Wildman–Crippen LogP) is 3.04. The maximum Gasteiger partial charge on any atom is 0.261 e. The lowest BCUT2D eigenvalue weighted by molar-refractivity contribution is 0.0144. The van der Waals surface area contributed by atoms with E-state index >= 15 is 0 Å². The molecule has 3 nitrogen and oxygen atoms in total. The summed E-state index contributed by atoms with van der Waals surface area (Å²) in [5.41, 5.74) is 3.62. The Labute approximate surface area is 118 Å². The molecule has 0 radical (unpaired) electrons. The first-order chi connectivity index (χ1) is 9.70. The van der Waals surface area contributed by atoms with Crippen molar-refractivity contribution in [1.82, 2.24) is 5.32 Å². The summed E-state index contributed by atoms with van der Waals surface area (Å²) in [6.45, 7) is 4.03. The molecule has 1 aliphatic heterocycles. The van der Waals surface area contributed by atoms with Crippen LogP contribution >= 0.6 is 0 Å². The largest absolute Gasteiger partial charge is 0.375 e. The number of ether oxygens (including phenoxy) is 2. The molecule has 1 N–H and O–H groups in total. The molecule has 0 fully saturated rings. The van der Waals surface area contributed by atoms with Gasteiger partial charge < -0.3 is 14.8 Å². The first-order valence-corrected chi connectivity index (χ1v) is 6.99. The monoisotopic (exact) mass is 285 g/mol. The van der Waals surface area contributed by atoms with Gasteiger partial charge >= 0.3 is 0 Å². The number of alkyl halides is 2. The van der Waals surface area contributed by atoms with Gasteiger partial charge in [-0.2, -0.15) is 0 Å². The van der Waals surface area contributed by atoms with Crippen molar-refractivity contribution in [3.63, 3.8) is 0 Å². The normalized spacial score (nSPS) is 15.6. The Morgan fingerprint density at radius 1 is 1.30 bits per heavy atom. The van der Waals surface area contributed by atoms with Crippen LogP contribution in [-0.4, -0.2) is 26.2 Å². The third-order valence-corrected chi connectivity index (χ3v) is 3.39. The summed E-state index contributed by atoms with van der Waals surface area (Å²) in [4.78, 5) is 0. The Morgan fingerprint density at radius 2 is 2.10 bits per heavy atom. The first kappa shape index (κ1) is 15.4. The fourth-order valence-corrected chi connectivity index (χ4v) is 2.42. The Morgan fingerprint density at radius 3 is 2.85 bits per heavy atom. The van der Waals surface area contributed by atoms with Crippen molar-refractivity contribution >= 4 is 0 Å². The highest BCUT2D eigenvalue weighted by Gasteiger charge is 2.16. The Bertz CT molecular complexity index is 426. The molecular weight excluding hydrogens is 264 g/mol. The van der Waals surface area contributed by atoms with Crippen LogP contribution in [0.15, 0.2) is 18.2 Å². The quantitative estimate of drug-likeness (QED) is 0.745. The molecule has 0 amide bonds. The van der Waals surface area contributed by atoms with Gasteiger partial charge in [0.1, 0.15) is 6.61 Å². The van der Waals surface area contributed by atoms with Gasteiger partial charge in [-0.05, 0) is 29.7 Å². The van der Waals surface area contributed by atoms with Crippen molar-refractivity contribution in [3.8, 4) is 0 Å². The zero-order valence-corrected chi connectivity index (χ0v) is 11.7. The summed E-state index contributed by atoms with van der Waals surface area (Å²) in [7, 11) is 0. The van der Waals surface area contributed by atoms with E-state index in [4.69, 9.17) is 9.47 Å². The molecule has 112 valence electrons. The van der Waals surface area contributed by atoms with E-state index in [0.29, 0.717) is 26.2 Å². The van der Waals surface area contributed by atoms with E-state index in [9.17, 15) is 8.78 Å². The van der Waals surface area contributed by atoms with Gasteiger partial charge in [0.15, 0.2) is 0 Å². The molecule has 0 aromatic heterocycles. The molecule has 5 heteroatoms. The summed E-state index contributed by atoms with van der Waals surface area (Å²) < 4.78 is 34.4. The molecule has 1 heterocycles. The maximum atomic E-state index is 12.0. The molecule has 1 aromatic rings.